The van der Waals surface area contributed by atoms with Crippen LogP contribution in [0, 0.1) is 103 Å². The minimum atomic E-state index is -3.55. The van der Waals surface area contributed by atoms with Crippen molar-refractivity contribution in [3.05, 3.63) is 42.5 Å². The van der Waals surface area contributed by atoms with Crippen LogP contribution < -0.4 is 0 Å². The van der Waals surface area contributed by atoms with E-state index in [4.69, 9.17) is 20.2 Å². The van der Waals surface area contributed by atoms with Crippen LogP contribution in [0.5, 0.6) is 0 Å². The van der Waals surface area contributed by atoms with Crippen molar-refractivity contribution in [2.24, 2.45) is 96.1 Å². The Kier molecular flexibility index (Phi) is 21.3. The zero-order valence-electron chi connectivity index (χ0n) is 58.5. The largest absolute Gasteiger partial charge is 0.459 e. The van der Waals surface area contributed by atoms with E-state index in [1.807, 2.05) is 20.8 Å². The molecular formula is C76H129ClO8S. The first-order chi connectivity index (χ1) is 39.3. The Labute approximate surface area is 531 Å². The van der Waals surface area contributed by atoms with Gasteiger partial charge in [0, 0.05) is 29.8 Å². The molecular weight excluding hydrogens is 1110 g/mol. The van der Waals surface area contributed by atoms with Gasteiger partial charge in [-0.3, -0.25) is 4.79 Å². The molecule has 0 radical (unpaired) electrons. The van der Waals surface area contributed by atoms with E-state index >= 15 is 0 Å². The number of benzene rings is 1. The maximum atomic E-state index is 11.8. The first-order valence-corrected chi connectivity index (χ1v) is 37.2. The fraction of sp³-hybridized carbons (Fsp3) is 0.882. The molecule has 0 bridgehead atoms. The predicted molar refractivity (Wildman–Crippen MR) is 356 cm³/mol. The summed E-state index contributed by atoms with van der Waals surface area (Å²) in [6, 6.07) is 6.37. The van der Waals surface area contributed by atoms with Crippen LogP contribution in [0.4, 0.5) is 0 Å². The maximum Gasteiger partial charge on any atom is 0.306 e. The number of esters is 1. The Balaban J connectivity index is 0.000000156. The number of aryl methyl sites for hydroxylation is 1. The predicted octanol–water partition coefficient (Wildman–Crippen LogP) is 19.6. The van der Waals surface area contributed by atoms with Gasteiger partial charge in [0.25, 0.3) is 9.05 Å². The lowest BCUT2D eigenvalue weighted by molar-refractivity contribution is -0.171. The highest BCUT2D eigenvalue weighted by molar-refractivity contribution is 8.13. The van der Waals surface area contributed by atoms with Crippen molar-refractivity contribution < 1.29 is 38.0 Å². The molecule has 2 saturated heterocycles. The lowest BCUT2D eigenvalue weighted by Crippen LogP contribution is -2.57. The maximum absolute atomic E-state index is 11.8. The van der Waals surface area contributed by atoms with Crippen LogP contribution >= 0.6 is 10.7 Å². The van der Waals surface area contributed by atoms with Crippen molar-refractivity contribution >= 4 is 25.7 Å². The molecule has 3 N–H and O–H groups in total. The van der Waals surface area contributed by atoms with Crippen molar-refractivity contribution in [3.8, 4) is 0 Å². The molecule has 10 fully saturated rings. The molecule has 8 saturated carbocycles. The number of aliphatic hydroxyl groups is 3. The third-order valence-electron chi connectivity index (χ3n) is 28.0. The molecule has 2 heterocycles. The Bertz CT molecular complexity index is 2600. The molecule has 0 unspecified atom stereocenters. The second-order valence-corrected chi connectivity index (χ2v) is 38.7. The van der Waals surface area contributed by atoms with Crippen molar-refractivity contribution in [3.63, 3.8) is 0 Å². The minimum absolute atomic E-state index is 0.0350. The van der Waals surface area contributed by atoms with Gasteiger partial charge in [-0.05, 0) is 265 Å². The number of rotatable bonds is 7. The molecule has 0 amide bonds. The Morgan fingerprint density at radius 1 is 0.558 bits per heavy atom. The third-order valence-corrected chi connectivity index (χ3v) is 29.4. The summed E-state index contributed by atoms with van der Waals surface area (Å²) in [5, 5.41) is 30.9. The van der Waals surface area contributed by atoms with Crippen LogP contribution in [0.3, 0.4) is 0 Å². The summed E-state index contributed by atoms with van der Waals surface area (Å²) >= 11 is 0. The fourth-order valence-corrected chi connectivity index (χ4v) is 24.5. The summed E-state index contributed by atoms with van der Waals surface area (Å²) in [4.78, 5) is 11.9. The molecule has 10 heteroatoms. The Morgan fingerprint density at radius 3 is 1.44 bits per heavy atom. The van der Waals surface area contributed by atoms with E-state index < -0.39 is 20.3 Å². The number of hydrogen-bond acceptors (Lipinski definition) is 8. The highest BCUT2D eigenvalue weighted by atomic mass is 35.7. The summed E-state index contributed by atoms with van der Waals surface area (Å²) in [7, 11) is 1.54. The standard InChI is InChI=1S/C20H36O2.C17H32O.C16H26O2.C16H28O.C7H7ClO2S/c1-7-18(4,21)13-9-16-19(5)12-8-11-17(2,3)15(19)10-14-20(16,6)22;1-15(2)9-6-10-17(5)13(15)7-11-16(3,4)14(17)8-12-18;1-14(2)7-5-8-15(3)11(14)6-9-16(4)12(15)10-13(17)18-16;1-14(2)8-5-9-15(3)12(14)6-10-16(4)13(15)7-11-17-16;1-6-2-4-7(5-3-6)11(8,9)10/h7,15-16,21-22H,1,8-14H2,2-6H3;13-14,18H,6-12H2,1-5H3;11-12H,5-10H2,1-4H3;12-13H,5-11H2,1-4H3;2-5H,1H3/t15-,16+,18+,19-,20+;13-,14-,17-;11-,12+,15-,16+;12-,13+,15-,16+;/m0000./s1. The Hall–Kier alpha value is -1.49. The lowest BCUT2D eigenvalue weighted by atomic mass is 9.43. The molecule has 2 aliphatic heterocycles. The monoisotopic (exact) mass is 1240 g/mol. The number of ether oxygens (including phenoxy) is 2. The molecule has 10 aliphatic rings. The summed E-state index contributed by atoms with van der Waals surface area (Å²) in [5.41, 5.74) is 3.33. The van der Waals surface area contributed by atoms with Crippen LogP contribution in [-0.4, -0.2) is 65.3 Å². The average molecular weight is 1240 g/mol. The lowest BCUT2D eigenvalue weighted by Gasteiger charge is -2.62. The van der Waals surface area contributed by atoms with Crippen molar-refractivity contribution in [1.29, 1.82) is 0 Å². The van der Waals surface area contributed by atoms with Crippen LogP contribution in [0.25, 0.3) is 0 Å². The van der Waals surface area contributed by atoms with E-state index in [0.717, 1.165) is 67.9 Å². The molecule has 0 spiro atoms. The van der Waals surface area contributed by atoms with E-state index in [1.165, 1.54) is 128 Å². The van der Waals surface area contributed by atoms with E-state index in [1.54, 1.807) is 18.2 Å². The van der Waals surface area contributed by atoms with Gasteiger partial charge in [-0.1, -0.05) is 146 Å². The summed E-state index contributed by atoms with van der Waals surface area (Å²) in [5.74, 6) is 5.43. The van der Waals surface area contributed by atoms with Gasteiger partial charge in [0.15, 0.2) is 0 Å². The van der Waals surface area contributed by atoms with Crippen LogP contribution in [0.15, 0.2) is 41.8 Å². The van der Waals surface area contributed by atoms with Crippen LogP contribution in [0.2, 0.25) is 0 Å². The third kappa shape index (κ3) is 14.5. The van der Waals surface area contributed by atoms with E-state index in [9.17, 15) is 28.5 Å². The SMILES string of the molecule is C=C[C@@](C)(O)CC[C@@H]1[C@@]2(C)CCCC(C)(C)[C@@H]2CC[C@@]1(C)O.CC1(C)CCC[C@@]2(C)[C@H]1CCC(C)(C)[C@@H]2CCO.CC1(C)CCC[C@]2(C)[C@H]3CC(=O)O[C@]3(C)CC[C@@H]12.CC1(C)CCC[C@]2(C)[C@H]3CCO[C@]3(C)CC[C@@H]12.Cc1ccc(S(=O)(=O)Cl)cc1. The molecule has 86 heavy (non-hydrogen) atoms. The summed E-state index contributed by atoms with van der Waals surface area (Å²) in [6.07, 6.45) is 31.9. The number of hydrogen-bond donors (Lipinski definition) is 3. The van der Waals surface area contributed by atoms with Crippen LogP contribution in [-0.2, 0) is 23.3 Å². The van der Waals surface area contributed by atoms with Gasteiger partial charge in [0.2, 0.25) is 0 Å². The van der Waals surface area contributed by atoms with E-state index in [0.29, 0.717) is 80.5 Å². The number of carbonyl (C=O) groups is 1. The normalized spacial score (nSPS) is 42.6. The zero-order chi connectivity index (χ0) is 64.4. The highest BCUT2D eigenvalue weighted by Gasteiger charge is 2.64. The summed E-state index contributed by atoms with van der Waals surface area (Å²) < 4.78 is 33.2. The van der Waals surface area contributed by atoms with Gasteiger partial charge in [-0.25, -0.2) is 8.42 Å². The summed E-state index contributed by atoms with van der Waals surface area (Å²) in [6.45, 7) is 49.8. The second-order valence-electron chi connectivity index (χ2n) is 36.1. The first kappa shape index (κ1) is 71.9. The van der Waals surface area contributed by atoms with E-state index in [2.05, 4.69) is 117 Å². The molecule has 8 nitrogen and oxygen atoms in total. The molecule has 16 atom stereocenters. The topological polar surface area (TPSA) is 130 Å². The molecule has 1 aromatic rings. The number of aliphatic hydroxyl groups excluding tert-OH is 1. The second kappa shape index (κ2) is 25.4. The van der Waals surface area contributed by atoms with E-state index in [-0.39, 0.29) is 33.4 Å². The smallest absolute Gasteiger partial charge is 0.306 e. The molecule has 494 valence electrons. The Morgan fingerprint density at radius 2 is 0.977 bits per heavy atom. The van der Waals surface area contributed by atoms with Gasteiger partial charge >= 0.3 is 5.97 Å². The number of halogens is 1. The van der Waals surface area contributed by atoms with Crippen LogP contribution in [0.1, 0.15) is 291 Å². The minimum Gasteiger partial charge on any atom is -0.459 e. The van der Waals surface area contributed by atoms with Gasteiger partial charge in [-0.15, -0.1) is 6.58 Å². The van der Waals surface area contributed by atoms with Gasteiger partial charge in [-0.2, -0.15) is 0 Å². The molecule has 11 rings (SSSR count). The molecule has 8 aliphatic carbocycles. The highest BCUT2D eigenvalue weighted by Crippen LogP contribution is 2.68. The van der Waals surface area contributed by atoms with Gasteiger partial charge in [0.1, 0.15) is 5.60 Å². The zero-order valence-corrected chi connectivity index (χ0v) is 60.0. The quantitative estimate of drug-likeness (QED) is 0.140. The van der Waals surface area contributed by atoms with Gasteiger partial charge in [0.05, 0.1) is 28.1 Å². The average Bonchev–Trinajstić information content (AvgIpc) is 1.24. The number of carbonyl (C=O) groups excluding carboxylic acids is 1. The van der Waals surface area contributed by atoms with Crippen molar-refractivity contribution in [2.45, 2.75) is 319 Å². The van der Waals surface area contributed by atoms with Crippen molar-refractivity contribution in [1.82, 2.24) is 0 Å². The van der Waals surface area contributed by atoms with Gasteiger partial charge < -0.3 is 24.8 Å². The number of fused-ring (bicyclic) bond motifs is 8. The first-order valence-electron chi connectivity index (χ1n) is 34.9. The molecule has 1 aromatic carbocycles. The molecule has 0 aromatic heterocycles. The van der Waals surface area contributed by atoms with Crippen molar-refractivity contribution in [2.75, 3.05) is 13.2 Å². The fourth-order valence-electron chi connectivity index (χ4n) is 23.7.